The van der Waals surface area contributed by atoms with Crippen molar-refractivity contribution < 1.29 is 9.84 Å². The third-order valence-corrected chi connectivity index (χ3v) is 3.93. The Morgan fingerprint density at radius 3 is 2.83 bits per heavy atom. The van der Waals surface area contributed by atoms with Crippen LogP contribution in [0, 0.1) is 5.92 Å². The van der Waals surface area contributed by atoms with E-state index >= 15 is 0 Å². The van der Waals surface area contributed by atoms with Crippen LogP contribution >= 0.6 is 15.9 Å². The summed E-state index contributed by atoms with van der Waals surface area (Å²) in [6.45, 7) is 3.08. The van der Waals surface area contributed by atoms with Gasteiger partial charge in [0.15, 0.2) is 0 Å². The van der Waals surface area contributed by atoms with Crippen molar-refractivity contribution in [3.63, 3.8) is 0 Å². The van der Waals surface area contributed by atoms with Gasteiger partial charge in [0, 0.05) is 12.6 Å². The van der Waals surface area contributed by atoms with E-state index in [9.17, 15) is 5.11 Å². The van der Waals surface area contributed by atoms with E-state index in [1.165, 1.54) is 12.8 Å². The lowest BCUT2D eigenvalue weighted by Gasteiger charge is -2.17. The Balaban J connectivity index is 1.68. The van der Waals surface area contributed by atoms with E-state index in [2.05, 4.69) is 28.2 Å². The second-order valence-electron chi connectivity index (χ2n) is 4.93. The summed E-state index contributed by atoms with van der Waals surface area (Å²) in [6, 6.07) is 8.17. The first-order valence-corrected chi connectivity index (χ1v) is 7.25. The van der Waals surface area contributed by atoms with Crippen LogP contribution in [0.15, 0.2) is 28.7 Å². The summed E-state index contributed by atoms with van der Waals surface area (Å²) in [6.07, 6.45) is 2.16. The first kappa shape index (κ1) is 13.8. The zero-order valence-corrected chi connectivity index (χ0v) is 12.2. The van der Waals surface area contributed by atoms with Gasteiger partial charge >= 0.3 is 0 Å². The summed E-state index contributed by atoms with van der Waals surface area (Å²) >= 11 is 3.41. The van der Waals surface area contributed by atoms with Gasteiger partial charge in [-0.3, -0.25) is 0 Å². The molecule has 0 heterocycles. The number of hydrogen-bond donors (Lipinski definition) is 2. The molecule has 1 aromatic carbocycles. The molecular formula is C14H20BrNO2. The smallest absolute Gasteiger partial charge is 0.133 e. The van der Waals surface area contributed by atoms with Gasteiger partial charge in [-0.15, -0.1) is 0 Å². The third-order valence-electron chi connectivity index (χ3n) is 3.27. The summed E-state index contributed by atoms with van der Waals surface area (Å²) in [5, 5.41) is 13.2. The number of aliphatic hydroxyl groups excluding tert-OH is 1. The first-order chi connectivity index (χ1) is 8.66. The van der Waals surface area contributed by atoms with Crippen LogP contribution in [-0.2, 0) is 0 Å². The van der Waals surface area contributed by atoms with Crippen LogP contribution in [0.1, 0.15) is 19.8 Å². The summed E-state index contributed by atoms with van der Waals surface area (Å²) in [5.74, 6) is 1.58. The molecule has 4 heteroatoms. The van der Waals surface area contributed by atoms with Crippen LogP contribution in [-0.4, -0.2) is 30.4 Å². The monoisotopic (exact) mass is 313 g/mol. The Hall–Kier alpha value is -0.580. The van der Waals surface area contributed by atoms with E-state index in [0.717, 1.165) is 16.1 Å². The van der Waals surface area contributed by atoms with Crippen molar-refractivity contribution in [1.29, 1.82) is 0 Å². The number of nitrogens with one attached hydrogen (secondary N) is 1. The summed E-state index contributed by atoms with van der Waals surface area (Å²) in [4.78, 5) is 0. The van der Waals surface area contributed by atoms with Gasteiger partial charge in [-0.05, 0) is 53.7 Å². The zero-order chi connectivity index (χ0) is 13.0. The summed E-state index contributed by atoms with van der Waals surface area (Å²) in [5.41, 5.74) is 0. The second kappa shape index (κ2) is 6.55. The maximum absolute atomic E-state index is 9.85. The number of halogens is 1. The summed E-state index contributed by atoms with van der Waals surface area (Å²) in [7, 11) is 0. The fourth-order valence-corrected chi connectivity index (χ4v) is 2.29. The van der Waals surface area contributed by atoms with Crippen LogP contribution in [0.4, 0.5) is 0 Å². The highest BCUT2D eigenvalue weighted by Crippen LogP contribution is 2.32. The highest BCUT2D eigenvalue weighted by Gasteiger charge is 2.27. The maximum atomic E-state index is 9.85. The third kappa shape index (κ3) is 4.26. The molecule has 2 unspecified atom stereocenters. The number of aliphatic hydroxyl groups is 1. The van der Waals surface area contributed by atoms with E-state index in [-0.39, 0.29) is 0 Å². The van der Waals surface area contributed by atoms with Crippen LogP contribution < -0.4 is 10.1 Å². The minimum atomic E-state index is -0.474. The topological polar surface area (TPSA) is 41.5 Å². The lowest BCUT2D eigenvalue weighted by Crippen LogP contribution is -2.37. The maximum Gasteiger partial charge on any atom is 0.133 e. The fourth-order valence-electron chi connectivity index (χ4n) is 1.89. The average molecular weight is 314 g/mol. The van der Waals surface area contributed by atoms with Gasteiger partial charge in [-0.2, -0.15) is 0 Å². The van der Waals surface area contributed by atoms with Gasteiger partial charge in [0.2, 0.25) is 0 Å². The normalized spacial score (nSPS) is 18.4. The van der Waals surface area contributed by atoms with E-state index in [1.54, 1.807) is 0 Å². The Kier molecular flexibility index (Phi) is 5.03. The van der Waals surface area contributed by atoms with Gasteiger partial charge in [-0.25, -0.2) is 0 Å². The van der Waals surface area contributed by atoms with Crippen LogP contribution in [0.5, 0.6) is 5.75 Å². The Morgan fingerprint density at radius 1 is 1.44 bits per heavy atom. The van der Waals surface area contributed by atoms with Gasteiger partial charge in [0.25, 0.3) is 0 Å². The molecular weight excluding hydrogens is 294 g/mol. The first-order valence-electron chi connectivity index (χ1n) is 6.45. The van der Waals surface area contributed by atoms with Crippen molar-refractivity contribution in [2.75, 3.05) is 13.2 Å². The van der Waals surface area contributed by atoms with E-state index in [0.29, 0.717) is 19.2 Å². The molecule has 0 saturated heterocycles. The number of rotatable bonds is 7. The molecule has 0 radical (unpaired) electrons. The number of benzene rings is 1. The fraction of sp³-hybridized carbons (Fsp3) is 0.571. The van der Waals surface area contributed by atoms with Gasteiger partial charge in [0.05, 0.1) is 4.47 Å². The van der Waals surface area contributed by atoms with Crippen molar-refractivity contribution in [3.05, 3.63) is 28.7 Å². The molecule has 0 bridgehead atoms. The van der Waals surface area contributed by atoms with Crippen molar-refractivity contribution in [2.45, 2.75) is 31.9 Å². The minimum Gasteiger partial charge on any atom is -0.490 e. The van der Waals surface area contributed by atoms with Gasteiger partial charge in [0.1, 0.15) is 18.5 Å². The Bertz CT molecular complexity index is 382. The number of para-hydroxylation sites is 1. The van der Waals surface area contributed by atoms with E-state index in [4.69, 9.17) is 4.74 Å². The Labute approximate surface area is 117 Å². The zero-order valence-electron chi connectivity index (χ0n) is 10.6. The van der Waals surface area contributed by atoms with Crippen molar-refractivity contribution in [1.82, 2.24) is 5.32 Å². The highest BCUT2D eigenvalue weighted by molar-refractivity contribution is 9.10. The molecule has 0 aromatic heterocycles. The molecule has 18 heavy (non-hydrogen) atoms. The molecule has 0 amide bonds. The molecule has 3 nitrogen and oxygen atoms in total. The van der Waals surface area contributed by atoms with E-state index in [1.807, 2.05) is 24.3 Å². The van der Waals surface area contributed by atoms with Crippen LogP contribution in [0.25, 0.3) is 0 Å². The molecule has 2 rings (SSSR count). The predicted molar refractivity (Wildman–Crippen MR) is 75.8 cm³/mol. The lowest BCUT2D eigenvalue weighted by atomic mass is 10.2. The van der Waals surface area contributed by atoms with Crippen molar-refractivity contribution in [2.24, 2.45) is 5.92 Å². The molecule has 1 aliphatic carbocycles. The lowest BCUT2D eigenvalue weighted by molar-refractivity contribution is 0.103. The molecule has 0 spiro atoms. The van der Waals surface area contributed by atoms with Crippen LogP contribution in [0.3, 0.4) is 0 Å². The van der Waals surface area contributed by atoms with Gasteiger partial charge in [-0.1, -0.05) is 12.1 Å². The van der Waals surface area contributed by atoms with Crippen LogP contribution in [0.2, 0.25) is 0 Å². The van der Waals surface area contributed by atoms with Crippen molar-refractivity contribution in [3.8, 4) is 5.75 Å². The molecule has 1 fully saturated rings. The average Bonchev–Trinajstić information content (AvgIpc) is 3.19. The van der Waals surface area contributed by atoms with Gasteiger partial charge < -0.3 is 15.2 Å². The molecule has 1 aliphatic rings. The SMILES string of the molecule is CC(NCC(O)COc1ccccc1Br)C1CC1. The molecule has 2 atom stereocenters. The Morgan fingerprint density at radius 2 is 2.17 bits per heavy atom. The largest absolute Gasteiger partial charge is 0.490 e. The second-order valence-corrected chi connectivity index (χ2v) is 5.78. The minimum absolute atomic E-state index is 0.312. The van der Waals surface area contributed by atoms with Crippen molar-refractivity contribution >= 4 is 15.9 Å². The number of ether oxygens (including phenoxy) is 1. The predicted octanol–water partition coefficient (Wildman–Crippen LogP) is 2.58. The molecule has 1 aromatic rings. The van der Waals surface area contributed by atoms with E-state index < -0.39 is 6.10 Å². The highest BCUT2D eigenvalue weighted by atomic mass is 79.9. The molecule has 0 aliphatic heterocycles. The molecule has 1 saturated carbocycles. The quantitative estimate of drug-likeness (QED) is 0.813. The molecule has 100 valence electrons. The summed E-state index contributed by atoms with van der Waals surface area (Å²) < 4.78 is 6.48. The number of hydrogen-bond acceptors (Lipinski definition) is 3. The standard InChI is InChI=1S/C14H20BrNO2/c1-10(11-6-7-11)16-8-12(17)9-18-14-5-3-2-4-13(14)15/h2-5,10-12,16-17H,6-9H2,1H3. The molecule has 2 N–H and O–H groups in total.